The molecule has 0 saturated carbocycles. The standard InChI is InChI=1S/C13H12ClNO3/c14-10-4-2-1-3-9(10)11(16)7-8-5-6-12(17)15-13(8)18/h1-4,8H,5-7H2,(H,15,17,18). The van der Waals surface area contributed by atoms with Crippen molar-refractivity contribution >= 4 is 29.2 Å². The number of Topliss-reactive ketones (excluding diaryl/α,β-unsaturated/α-hetero) is 1. The van der Waals surface area contributed by atoms with E-state index in [1.807, 2.05) is 0 Å². The fourth-order valence-corrected chi connectivity index (χ4v) is 2.20. The first kappa shape index (κ1) is 12.8. The Morgan fingerprint density at radius 2 is 2.06 bits per heavy atom. The molecule has 18 heavy (non-hydrogen) atoms. The first-order valence-electron chi connectivity index (χ1n) is 5.69. The van der Waals surface area contributed by atoms with Crippen LogP contribution in [0.15, 0.2) is 24.3 Å². The van der Waals surface area contributed by atoms with Gasteiger partial charge in [0.2, 0.25) is 11.8 Å². The summed E-state index contributed by atoms with van der Waals surface area (Å²) in [7, 11) is 0. The van der Waals surface area contributed by atoms with Crippen molar-refractivity contribution in [3.8, 4) is 0 Å². The van der Waals surface area contributed by atoms with Crippen LogP contribution in [0.25, 0.3) is 0 Å². The molecule has 4 nitrogen and oxygen atoms in total. The van der Waals surface area contributed by atoms with Crippen molar-refractivity contribution in [3.63, 3.8) is 0 Å². The van der Waals surface area contributed by atoms with Crippen LogP contribution in [0.1, 0.15) is 29.6 Å². The van der Waals surface area contributed by atoms with Crippen LogP contribution in [0.3, 0.4) is 0 Å². The van der Waals surface area contributed by atoms with Gasteiger partial charge in [-0.3, -0.25) is 19.7 Å². The number of benzene rings is 1. The fourth-order valence-electron chi connectivity index (χ4n) is 1.95. The molecule has 0 aromatic heterocycles. The highest BCUT2D eigenvalue weighted by atomic mass is 35.5. The summed E-state index contributed by atoms with van der Waals surface area (Å²) in [4.78, 5) is 34.5. The zero-order valence-corrected chi connectivity index (χ0v) is 10.4. The highest BCUT2D eigenvalue weighted by Crippen LogP contribution is 2.22. The largest absolute Gasteiger partial charge is 0.296 e. The van der Waals surface area contributed by atoms with Crippen LogP contribution in [-0.4, -0.2) is 17.6 Å². The topological polar surface area (TPSA) is 63.2 Å². The molecule has 0 radical (unpaired) electrons. The van der Waals surface area contributed by atoms with Crippen LogP contribution in [0.4, 0.5) is 0 Å². The van der Waals surface area contributed by atoms with Gasteiger partial charge in [-0.1, -0.05) is 23.7 Å². The van der Waals surface area contributed by atoms with E-state index < -0.39 is 5.92 Å². The number of carbonyl (C=O) groups is 3. The van der Waals surface area contributed by atoms with Gasteiger partial charge >= 0.3 is 0 Å². The van der Waals surface area contributed by atoms with Gasteiger partial charge in [0.15, 0.2) is 5.78 Å². The summed E-state index contributed by atoms with van der Waals surface area (Å²) in [6, 6.07) is 6.74. The summed E-state index contributed by atoms with van der Waals surface area (Å²) < 4.78 is 0. The number of hydrogen-bond donors (Lipinski definition) is 1. The monoisotopic (exact) mass is 265 g/mol. The lowest BCUT2D eigenvalue weighted by Gasteiger charge is -2.20. The molecular weight excluding hydrogens is 254 g/mol. The van der Waals surface area contributed by atoms with Gasteiger partial charge < -0.3 is 0 Å². The lowest BCUT2D eigenvalue weighted by molar-refractivity contribution is -0.136. The molecule has 94 valence electrons. The van der Waals surface area contributed by atoms with Gasteiger partial charge in [0.25, 0.3) is 0 Å². The third-order valence-electron chi connectivity index (χ3n) is 2.96. The van der Waals surface area contributed by atoms with Crippen LogP contribution < -0.4 is 5.32 Å². The highest BCUT2D eigenvalue weighted by molar-refractivity contribution is 6.34. The Morgan fingerprint density at radius 3 is 2.72 bits per heavy atom. The van der Waals surface area contributed by atoms with Crippen LogP contribution in [-0.2, 0) is 9.59 Å². The van der Waals surface area contributed by atoms with Crippen LogP contribution in [0, 0.1) is 5.92 Å². The van der Waals surface area contributed by atoms with Crippen molar-refractivity contribution in [2.75, 3.05) is 0 Å². The van der Waals surface area contributed by atoms with Crippen molar-refractivity contribution in [1.29, 1.82) is 0 Å². The van der Waals surface area contributed by atoms with Gasteiger partial charge in [-0.05, 0) is 18.6 Å². The molecule has 1 aliphatic heterocycles. The van der Waals surface area contributed by atoms with Gasteiger partial charge in [0, 0.05) is 24.3 Å². The Labute approximate surface area is 109 Å². The van der Waals surface area contributed by atoms with E-state index in [1.54, 1.807) is 24.3 Å². The van der Waals surface area contributed by atoms with E-state index in [0.29, 0.717) is 17.0 Å². The smallest absolute Gasteiger partial charge is 0.230 e. The summed E-state index contributed by atoms with van der Waals surface area (Å²) >= 11 is 5.92. The summed E-state index contributed by atoms with van der Waals surface area (Å²) in [6.07, 6.45) is 0.788. The normalized spacial score (nSPS) is 19.5. The van der Waals surface area contributed by atoms with E-state index in [9.17, 15) is 14.4 Å². The van der Waals surface area contributed by atoms with E-state index in [1.165, 1.54) is 0 Å². The first-order valence-corrected chi connectivity index (χ1v) is 6.07. The van der Waals surface area contributed by atoms with Crippen LogP contribution in [0.5, 0.6) is 0 Å². The van der Waals surface area contributed by atoms with Gasteiger partial charge in [-0.25, -0.2) is 0 Å². The molecule has 2 rings (SSSR count). The molecule has 1 N–H and O–H groups in total. The second kappa shape index (κ2) is 5.31. The number of rotatable bonds is 3. The molecule has 2 amide bonds. The number of nitrogens with one attached hydrogen (secondary N) is 1. The van der Waals surface area contributed by atoms with Gasteiger partial charge in [0.05, 0.1) is 5.02 Å². The number of ketones is 1. The number of amides is 2. The Bertz CT molecular complexity index is 513. The average molecular weight is 266 g/mol. The first-order chi connectivity index (χ1) is 8.58. The van der Waals surface area contributed by atoms with E-state index in [-0.39, 0.29) is 30.4 Å². The van der Waals surface area contributed by atoms with Gasteiger partial charge in [0.1, 0.15) is 0 Å². The third-order valence-corrected chi connectivity index (χ3v) is 3.29. The number of piperidine rings is 1. The van der Waals surface area contributed by atoms with Crippen LogP contribution in [0.2, 0.25) is 5.02 Å². The number of imide groups is 1. The highest BCUT2D eigenvalue weighted by Gasteiger charge is 2.29. The molecule has 0 aliphatic carbocycles. The van der Waals surface area contributed by atoms with Gasteiger partial charge in [-0.15, -0.1) is 0 Å². The molecule has 5 heteroatoms. The third kappa shape index (κ3) is 2.76. The SMILES string of the molecule is O=C1CCC(CC(=O)c2ccccc2Cl)C(=O)N1. The van der Waals surface area contributed by atoms with Crippen molar-refractivity contribution in [3.05, 3.63) is 34.9 Å². The van der Waals surface area contributed by atoms with Gasteiger partial charge in [-0.2, -0.15) is 0 Å². The van der Waals surface area contributed by atoms with Crippen molar-refractivity contribution in [2.24, 2.45) is 5.92 Å². The molecule has 0 spiro atoms. The zero-order valence-electron chi connectivity index (χ0n) is 9.61. The Morgan fingerprint density at radius 1 is 1.33 bits per heavy atom. The van der Waals surface area contributed by atoms with E-state index >= 15 is 0 Å². The predicted octanol–water partition coefficient (Wildman–Crippen LogP) is 1.97. The summed E-state index contributed by atoms with van der Waals surface area (Å²) in [5.41, 5.74) is 0.420. The molecule has 1 aromatic rings. The minimum Gasteiger partial charge on any atom is -0.296 e. The van der Waals surface area contributed by atoms with E-state index in [0.717, 1.165) is 0 Å². The van der Waals surface area contributed by atoms with Crippen molar-refractivity contribution in [2.45, 2.75) is 19.3 Å². The Kier molecular flexibility index (Phi) is 3.77. The number of hydrogen-bond acceptors (Lipinski definition) is 3. The Hall–Kier alpha value is -1.68. The number of carbonyl (C=O) groups excluding carboxylic acids is 3. The minimum atomic E-state index is -0.438. The molecule has 1 atom stereocenters. The maximum absolute atomic E-state index is 12.0. The summed E-state index contributed by atoms with van der Waals surface area (Å²) in [5, 5.41) is 2.62. The maximum atomic E-state index is 12.0. The number of halogens is 1. The summed E-state index contributed by atoms with van der Waals surface area (Å²) in [5.74, 6) is -1.25. The zero-order chi connectivity index (χ0) is 13.1. The lowest BCUT2D eigenvalue weighted by atomic mass is 9.91. The second-order valence-corrected chi connectivity index (χ2v) is 4.66. The average Bonchev–Trinajstić information content (AvgIpc) is 2.33. The van der Waals surface area contributed by atoms with Crippen molar-refractivity contribution < 1.29 is 14.4 Å². The van der Waals surface area contributed by atoms with Crippen LogP contribution >= 0.6 is 11.6 Å². The van der Waals surface area contributed by atoms with E-state index in [2.05, 4.69) is 5.32 Å². The molecule has 1 saturated heterocycles. The molecule has 1 aromatic carbocycles. The minimum absolute atomic E-state index is 0.0862. The summed E-state index contributed by atoms with van der Waals surface area (Å²) in [6.45, 7) is 0. The Balaban J connectivity index is 2.06. The molecule has 1 fully saturated rings. The fraction of sp³-hybridized carbons (Fsp3) is 0.308. The van der Waals surface area contributed by atoms with E-state index in [4.69, 9.17) is 11.6 Å². The molecular formula is C13H12ClNO3. The quantitative estimate of drug-likeness (QED) is 0.671. The molecule has 1 heterocycles. The molecule has 1 unspecified atom stereocenters. The second-order valence-electron chi connectivity index (χ2n) is 4.26. The predicted molar refractivity (Wildman–Crippen MR) is 66.3 cm³/mol. The van der Waals surface area contributed by atoms with Crippen molar-refractivity contribution in [1.82, 2.24) is 5.32 Å². The molecule has 0 bridgehead atoms. The lowest BCUT2D eigenvalue weighted by Crippen LogP contribution is -2.41. The molecule has 1 aliphatic rings. The maximum Gasteiger partial charge on any atom is 0.230 e.